The second kappa shape index (κ2) is 7.48. The second-order valence-corrected chi connectivity index (χ2v) is 5.56. The van der Waals surface area contributed by atoms with Crippen LogP contribution in [0.25, 0.3) is 0 Å². The molecule has 1 aromatic rings. The number of carbonyl (C=O) groups excluding carboxylic acids is 1. The fourth-order valence-electron chi connectivity index (χ4n) is 2.90. The predicted octanol–water partition coefficient (Wildman–Crippen LogP) is 2.82. The number of nitrogens with one attached hydrogen (secondary N) is 1. The minimum absolute atomic E-state index is 0.144. The van der Waals surface area contributed by atoms with Crippen molar-refractivity contribution >= 4 is 5.97 Å². The van der Waals surface area contributed by atoms with Gasteiger partial charge in [0.05, 0.1) is 13.5 Å². The van der Waals surface area contributed by atoms with E-state index in [0.29, 0.717) is 19.0 Å². The van der Waals surface area contributed by atoms with Gasteiger partial charge >= 0.3 is 5.97 Å². The average molecular weight is 278 g/mol. The van der Waals surface area contributed by atoms with Crippen LogP contribution in [-0.2, 0) is 22.5 Å². The third-order valence-corrected chi connectivity index (χ3v) is 4.00. The van der Waals surface area contributed by atoms with Crippen molar-refractivity contribution in [1.29, 1.82) is 0 Å². The first-order valence-corrected chi connectivity index (χ1v) is 7.73. The van der Waals surface area contributed by atoms with E-state index in [2.05, 4.69) is 29.2 Å². The molecule has 1 aromatic heterocycles. The second-order valence-electron chi connectivity index (χ2n) is 5.56. The summed E-state index contributed by atoms with van der Waals surface area (Å²) in [5, 5.41) is 3.65. The Bertz CT molecular complexity index is 440. The van der Waals surface area contributed by atoms with Crippen molar-refractivity contribution in [3.05, 3.63) is 23.5 Å². The molecule has 0 radical (unpaired) electrons. The van der Waals surface area contributed by atoms with E-state index in [4.69, 9.17) is 4.74 Å². The van der Waals surface area contributed by atoms with Crippen molar-refractivity contribution in [3.8, 4) is 0 Å². The van der Waals surface area contributed by atoms with Crippen LogP contribution in [0, 0.1) is 0 Å². The standard InChI is InChI=1S/C16H26N2O2/c1-3-9-17-15-7-5-4-6-13-11-18(12-14(13)15)10-8-16(19)20-2/h11-12,15,17H,3-10H2,1-2H3. The van der Waals surface area contributed by atoms with E-state index in [1.54, 1.807) is 0 Å². The van der Waals surface area contributed by atoms with Gasteiger partial charge in [-0.25, -0.2) is 0 Å². The van der Waals surface area contributed by atoms with Crippen molar-refractivity contribution in [2.24, 2.45) is 0 Å². The van der Waals surface area contributed by atoms with Gasteiger partial charge in [0, 0.05) is 25.0 Å². The third kappa shape index (κ3) is 3.85. The van der Waals surface area contributed by atoms with Crippen LogP contribution in [0.1, 0.15) is 56.2 Å². The molecule has 20 heavy (non-hydrogen) atoms. The molecule has 4 heteroatoms. The van der Waals surface area contributed by atoms with E-state index in [1.807, 2.05) is 0 Å². The summed E-state index contributed by atoms with van der Waals surface area (Å²) in [5.74, 6) is -0.144. The number of aromatic nitrogens is 1. The number of hydrogen-bond acceptors (Lipinski definition) is 3. The van der Waals surface area contributed by atoms with E-state index in [9.17, 15) is 4.79 Å². The molecule has 0 bridgehead atoms. The average Bonchev–Trinajstić information content (AvgIpc) is 2.78. The van der Waals surface area contributed by atoms with Crippen molar-refractivity contribution in [2.45, 2.75) is 58.0 Å². The number of rotatable bonds is 6. The van der Waals surface area contributed by atoms with Crippen LogP contribution in [0.5, 0.6) is 0 Å². The van der Waals surface area contributed by atoms with Gasteiger partial charge in [-0.3, -0.25) is 4.79 Å². The molecule has 0 aliphatic heterocycles. The summed E-state index contributed by atoms with van der Waals surface area (Å²) in [4.78, 5) is 11.2. The Morgan fingerprint density at radius 1 is 1.45 bits per heavy atom. The number of fused-ring (bicyclic) bond motifs is 1. The smallest absolute Gasteiger partial charge is 0.307 e. The van der Waals surface area contributed by atoms with Crippen LogP contribution in [0.2, 0.25) is 0 Å². The highest BCUT2D eigenvalue weighted by Gasteiger charge is 2.20. The molecule has 0 aromatic carbocycles. The monoisotopic (exact) mass is 278 g/mol. The zero-order valence-electron chi connectivity index (χ0n) is 12.7. The van der Waals surface area contributed by atoms with Gasteiger partial charge in [-0.2, -0.15) is 0 Å². The van der Waals surface area contributed by atoms with Crippen molar-refractivity contribution in [2.75, 3.05) is 13.7 Å². The molecule has 0 amide bonds. The molecule has 1 N–H and O–H groups in total. The molecule has 2 rings (SSSR count). The Labute approximate surface area is 121 Å². The molecule has 1 aliphatic rings. The molecule has 4 nitrogen and oxygen atoms in total. The van der Waals surface area contributed by atoms with E-state index in [0.717, 1.165) is 19.4 Å². The molecule has 0 saturated carbocycles. The highest BCUT2D eigenvalue weighted by atomic mass is 16.5. The lowest BCUT2D eigenvalue weighted by Gasteiger charge is -2.16. The number of hydrogen-bond donors (Lipinski definition) is 1. The lowest BCUT2D eigenvalue weighted by molar-refractivity contribution is -0.140. The number of carbonyl (C=O) groups is 1. The Hall–Kier alpha value is -1.29. The Morgan fingerprint density at radius 3 is 3.05 bits per heavy atom. The van der Waals surface area contributed by atoms with E-state index in [-0.39, 0.29) is 5.97 Å². The first-order valence-electron chi connectivity index (χ1n) is 7.73. The molecule has 0 fully saturated rings. The Morgan fingerprint density at radius 2 is 2.30 bits per heavy atom. The summed E-state index contributed by atoms with van der Waals surface area (Å²) in [6.07, 6.45) is 11.0. The van der Waals surface area contributed by atoms with Crippen LogP contribution < -0.4 is 5.32 Å². The van der Waals surface area contributed by atoms with Gasteiger partial charge < -0.3 is 14.6 Å². The maximum atomic E-state index is 11.2. The molecule has 1 atom stereocenters. The zero-order valence-corrected chi connectivity index (χ0v) is 12.7. The number of nitrogens with zero attached hydrogens (tertiary/aromatic N) is 1. The van der Waals surface area contributed by atoms with E-state index >= 15 is 0 Å². The van der Waals surface area contributed by atoms with Gasteiger partial charge in [0.25, 0.3) is 0 Å². The topological polar surface area (TPSA) is 43.3 Å². The molecule has 1 aliphatic carbocycles. The van der Waals surface area contributed by atoms with E-state index < -0.39 is 0 Å². The predicted molar refractivity (Wildman–Crippen MR) is 79.7 cm³/mol. The number of methoxy groups -OCH3 is 1. The largest absolute Gasteiger partial charge is 0.469 e. The molecule has 0 spiro atoms. The third-order valence-electron chi connectivity index (χ3n) is 4.00. The zero-order chi connectivity index (χ0) is 14.4. The molecule has 112 valence electrons. The highest BCUT2D eigenvalue weighted by Crippen LogP contribution is 2.29. The summed E-state index contributed by atoms with van der Waals surface area (Å²) in [7, 11) is 1.44. The van der Waals surface area contributed by atoms with Gasteiger partial charge in [-0.1, -0.05) is 13.3 Å². The van der Waals surface area contributed by atoms with Crippen LogP contribution in [0.15, 0.2) is 12.4 Å². The van der Waals surface area contributed by atoms with E-state index in [1.165, 1.54) is 37.5 Å². The maximum absolute atomic E-state index is 11.2. The first-order chi connectivity index (χ1) is 9.74. The summed E-state index contributed by atoms with van der Waals surface area (Å²) < 4.78 is 6.85. The quantitative estimate of drug-likeness (QED) is 0.643. The van der Waals surface area contributed by atoms with Crippen molar-refractivity contribution < 1.29 is 9.53 Å². The fourth-order valence-corrected chi connectivity index (χ4v) is 2.90. The first kappa shape index (κ1) is 15.1. The van der Waals surface area contributed by atoms with Gasteiger partial charge in [0.1, 0.15) is 0 Å². The van der Waals surface area contributed by atoms with Crippen LogP contribution in [-0.4, -0.2) is 24.2 Å². The number of ether oxygens (including phenoxy) is 1. The van der Waals surface area contributed by atoms with Gasteiger partial charge in [0.15, 0.2) is 0 Å². The lowest BCUT2D eigenvalue weighted by Crippen LogP contribution is -2.21. The van der Waals surface area contributed by atoms with Gasteiger partial charge in [0.2, 0.25) is 0 Å². The molecule has 1 heterocycles. The van der Waals surface area contributed by atoms with Crippen molar-refractivity contribution in [1.82, 2.24) is 9.88 Å². The molecule has 1 unspecified atom stereocenters. The van der Waals surface area contributed by atoms with Gasteiger partial charge in [-0.05, 0) is 43.4 Å². The SMILES string of the molecule is CCCNC1CCCCc2cn(CCC(=O)OC)cc21. The van der Waals surface area contributed by atoms with Crippen LogP contribution >= 0.6 is 0 Å². The summed E-state index contributed by atoms with van der Waals surface area (Å²) in [5.41, 5.74) is 2.88. The highest BCUT2D eigenvalue weighted by molar-refractivity contribution is 5.69. The lowest BCUT2D eigenvalue weighted by atomic mass is 10.0. The minimum Gasteiger partial charge on any atom is -0.469 e. The molecule has 0 saturated heterocycles. The summed E-state index contributed by atoms with van der Waals surface area (Å²) >= 11 is 0. The maximum Gasteiger partial charge on any atom is 0.307 e. The van der Waals surface area contributed by atoms with Crippen molar-refractivity contribution in [3.63, 3.8) is 0 Å². The number of aryl methyl sites for hydroxylation is 2. The summed E-state index contributed by atoms with van der Waals surface area (Å²) in [6.45, 7) is 3.98. The Balaban J connectivity index is 2.06. The molecular weight excluding hydrogens is 252 g/mol. The molecular formula is C16H26N2O2. The van der Waals surface area contributed by atoms with Crippen LogP contribution in [0.4, 0.5) is 0 Å². The fraction of sp³-hybridized carbons (Fsp3) is 0.688. The van der Waals surface area contributed by atoms with Crippen LogP contribution in [0.3, 0.4) is 0 Å². The van der Waals surface area contributed by atoms with Gasteiger partial charge in [-0.15, -0.1) is 0 Å². The minimum atomic E-state index is -0.144. The number of esters is 1. The summed E-state index contributed by atoms with van der Waals surface area (Å²) in [6, 6.07) is 0.479. The Kier molecular flexibility index (Phi) is 5.65. The normalized spacial score (nSPS) is 18.4.